The van der Waals surface area contributed by atoms with Gasteiger partial charge in [0.2, 0.25) is 0 Å². The molecule has 1 aliphatic carbocycles. The van der Waals surface area contributed by atoms with Gasteiger partial charge in [0.05, 0.1) is 6.20 Å². The van der Waals surface area contributed by atoms with Crippen LogP contribution in [0.15, 0.2) is 17.3 Å². The third kappa shape index (κ3) is 1.85. The predicted octanol–water partition coefficient (Wildman–Crippen LogP) is 1.88. The number of hydrogen-bond acceptors (Lipinski definition) is 3. The minimum Gasteiger partial charge on any atom is -0.299 e. The normalized spacial score (nSPS) is 27.1. The van der Waals surface area contributed by atoms with Crippen molar-refractivity contribution in [2.45, 2.75) is 29.9 Å². The van der Waals surface area contributed by atoms with Gasteiger partial charge < -0.3 is 0 Å². The highest BCUT2D eigenvalue weighted by Crippen LogP contribution is 2.36. The summed E-state index contributed by atoms with van der Waals surface area (Å²) in [5.41, 5.74) is 0. The van der Waals surface area contributed by atoms with Crippen LogP contribution in [0.3, 0.4) is 0 Å². The lowest BCUT2D eigenvalue weighted by molar-refractivity contribution is -0.120. The number of carbonyl (C=O) groups is 1. The van der Waals surface area contributed by atoms with Crippen LogP contribution < -0.4 is 0 Å². The highest BCUT2D eigenvalue weighted by atomic mass is 32.2. The molecule has 3 nitrogen and oxygen atoms in total. The van der Waals surface area contributed by atoms with Crippen LogP contribution in [0.1, 0.15) is 19.8 Å². The van der Waals surface area contributed by atoms with Crippen molar-refractivity contribution in [2.24, 2.45) is 13.0 Å². The van der Waals surface area contributed by atoms with Crippen LogP contribution in [-0.2, 0) is 11.8 Å². The first-order valence-corrected chi connectivity index (χ1v) is 5.73. The van der Waals surface area contributed by atoms with E-state index in [0.29, 0.717) is 11.0 Å². The van der Waals surface area contributed by atoms with E-state index in [0.717, 1.165) is 12.8 Å². The molecule has 1 saturated carbocycles. The van der Waals surface area contributed by atoms with Crippen molar-refractivity contribution in [3.8, 4) is 0 Å². The molecular formula is C10H14N2OS. The minimum absolute atomic E-state index is 0.209. The van der Waals surface area contributed by atoms with Crippen LogP contribution in [0.5, 0.6) is 0 Å². The van der Waals surface area contributed by atoms with Gasteiger partial charge in [-0.25, -0.2) is 0 Å². The Hall–Kier alpha value is -0.770. The van der Waals surface area contributed by atoms with Crippen LogP contribution in [-0.4, -0.2) is 20.8 Å². The molecule has 2 atom stereocenters. The standard InChI is InChI=1S/C10H14N2OS/c1-7-9(13)3-4-10(7)14-8-5-11-12(2)6-8/h5-7,10H,3-4H2,1-2H3. The van der Waals surface area contributed by atoms with Crippen LogP contribution in [0.2, 0.25) is 0 Å². The monoisotopic (exact) mass is 210 g/mol. The molecule has 0 aromatic carbocycles. The zero-order valence-corrected chi connectivity index (χ0v) is 9.25. The first kappa shape index (κ1) is 9.77. The second-order valence-electron chi connectivity index (χ2n) is 3.80. The molecule has 1 fully saturated rings. The number of aromatic nitrogens is 2. The lowest BCUT2D eigenvalue weighted by Crippen LogP contribution is -2.11. The maximum absolute atomic E-state index is 11.3. The smallest absolute Gasteiger partial charge is 0.136 e. The molecule has 0 saturated heterocycles. The summed E-state index contributed by atoms with van der Waals surface area (Å²) in [5.74, 6) is 0.617. The Morgan fingerprint density at radius 1 is 1.64 bits per heavy atom. The van der Waals surface area contributed by atoms with E-state index in [1.807, 2.05) is 26.4 Å². The fourth-order valence-corrected chi connectivity index (χ4v) is 3.03. The minimum atomic E-state index is 0.209. The van der Waals surface area contributed by atoms with Gasteiger partial charge in [-0.2, -0.15) is 5.10 Å². The molecule has 0 amide bonds. The van der Waals surface area contributed by atoms with Crippen LogP contribution in [0.4, 0.5) is 0 Å². The second-order valence-corrected chi connectivity index (χ2v) is 5.11. The lowest BCUT2D eigenvalue weighted by atomic mass is 10.1. The first-order chi connectivity index (χ1) is 6.66. The van der Waals surface area contributed by atoms with E-state index in [4.69, 9.17) is 0 Å². The third-order valence-corrected chi connectivity index (χ3v) is 4.14. The molecule has 0 bridgehead atoms. The molecule has 0 radical (unpaired) electrons. The Bertz CT molecular complexity index is 348. The van der Waals surface area contributed by atoms with Gasteiger partial charge in [-0.15, -0.1) is 11.8 Å². The van der Waals surface area contributed by atoms with Gasteiger partial charge in [-0.3, -0.25) is 9.48 Å². The molecule has 2 unspecified atom stereocenters. The molecule has 1 aromatic heterocycles. The average Bonchev–Trinajstić information content (AvgIpc) is 2.67. The summed E-state index contributed by atoms with van der Waals surface area (Å²) >= 11 is 1.78. The summed E-state index contributed by atoms with van der Waals surface area (Å²) in [6.07, 6.45) is 5.62. The summed E-state index contributed by atoms with van der Waals surface area (Å²) in [5, 5.41) is 4.56. The molecule has 1 heterocycles. The Kier molecular flexibility index (Phi) is 2.63. The Morgan fingerprint density at radius 3 is 2.93 bits per heavy atom. The topological polar surface area (TPSA) is 34.9 Å². The van der Waals surface area contributed by atoms with Crippen molar-refractivity contribution in [3.05, 3.63) is 12.4 Å². The fourth-order valence-electron chi connectivity index (χ4n) is 1.76. The van der Waals surface area contributed by atoms with E-state index in [1.54, 1.807) is 16.4 Å². The van der Waals surface area contributed by atoms with Gasteiger partial charge in [0, 0.05) is 35.7 Å². The van der Waals surface area contributed by atoms with E-state index >= 15 is 0 Å². The first-order valence-electron chi connectivity index (χ1n) is 4.85. The fraction of sp³-hybridized carbons (Fsp3) is 0.600. The Labute approximate surface area is 87.9 Å². The summed E-state index contributed by atoms with van der Waals surface area (Å²) in [6, 6.07) is 0. The molecule has 76 valence electrons. The van der Waals surface area contributed by atoms with Crippen molar-refractivity contribution in [3.63, 3.8) is 0 Å². The zero-order valence-electron chi connectivity index (χ0n) is 8.43. The number of aryl methyl sites for hydroxylation is 1. The van der Waals surface area contributed by atoms with Crippen molar-refractivity contribution < 1.29 is 4.79 Å². The van der Waals surface area contributed by atoms with Crippen molar-refractivity contribution >= 4 is 17.5 Å². The van der Waals surface area contributed by atoms with E-state index in [-0.39, 0.29) is 5.92 Å². The van der Waals surface area contributed by atoms with Gasteiger partial charge in [0.25, 0.3) is 0 Å². The molecule has 1 aromatic rings. The molecule has 0 N–H and O–H groups in total. The van der Waals surface area contributed by atoms with Crippen LogP contribution in [0.25, 0.3) is 0 Å². The molecule has 2 rings (SSSR count). The van der Waals surface area contributed by atoms with Crippen molar-refractivity contribution in [2.75, 3.05) is 0 Å². The maximum atomic E-state index is 11.3. The van der Waals surface area contributed by atoms with Crippen molar-refractivity contribution in [1.82, 2.24) is 9.78 Å². The molecule has 14 heavy (non-hydrogen) atoms. The van der Waals surface area contributed by atoms with E-state index in [1.165, 1.54) is 4.90 Å². The number of nitrogens with zero attached hydrogens (tertiary/aromatic N) is 2. The molecule has 4 heteroatoms. The Balaban J connectivity index is 2.02. The van der Waals surface area contributed by atoms with Crippen LogP contribution in [0, 0.1) is 5.92 Å². The van der Waals surface area contributed by atoms with Crippen LogP contribution >= 0.6 is 11.8 Å². The highest BCUT2D eigenvalue weighted by molar-refractivity contribution is 8.00. The van der Waals surface area contributed by atoms with E-state index in [9.17, 15) is 4.79 Å². The van der Waals surface area contributed by atoms with E-state index < -0.39 is 0 Å². The number of Topliss-reactive ketones (excluding diaryl/α,β-unsaturated/α-hetero) is 1. The molecule has 0 spiro atoms. The number of thioether (sulfide) groups is 1. The second kappa shape index (κ2) is 3.77. The summed E-state index contributed by atoms with van der Waals surface area (Å²) in [7, 11) is 1.91. The maximum Gasteiger partial charge on any atom is 0.136 e. The van der Waals surface area contributed by atoms with Gasteiger partial charge in [0.1, 0.15) is 5.78 Å². The molecular weight excluding hydrogens is 196 g/mol. The van der Waals surface area contributed by atoms with Gasteiger partial charge in [-0.05, 0) is 6.42 Å². The van der Waals surface area contributed by atoms with Gasteiger partial charge >= 0.3 is 0 Å². The highest BCUT2D eigenvalue weighted by Gasteiger charge is 2.31. The quantitative estimate of drug-likeness (QED) is 0.747. The summed E-state index contributed by atoms with van der Waals surface area (Å²) in [4.78, 5) is 12.5. The predicted molar refractivity (Wildman–Crippen MR) is 56.3 cm³/mol. The van der Waals surface area contributed by atoms with Gasteiger partial charge in [0.15, 0.2) is 0 Å². The molecule has 1 aliphatic rings. The zero-order chi connectivity index (χ0) is 10.1. The largest absolute Gasteiger partial charge is 0.299 e. The number of rotatable bonds is 2. The number of carbonyl (C=O) groups excluding carboxylic acids is 1. The number of hydrogen-bond donors (Lipinski definition) is 0. The lowest BCUT2D eigenvalue weighted by Gasteiger charge is -2.11. The SMILES string of the molecule is CC1C(=O)CCC1Sc1cnn(C)c1. The molecule has 0 aliphatic heterocycles. The summed E-state index contributed by atoms with van der Waals surface area (Å²) in [6.45, 7) is 2.03. The van der Waals surface area contributed by atoms with E-state index in [2.05, 4.69) is 5.10 Å². The average molecular weight is 210 g/mol. The Morgan fingerprint density at radius 2 is 2.43 bits per heavy atom. The van der Waals surface area contributed by atoms with Crippen molar-refractivity contribution in [1.29, 1.82) is 0 Å². The summed E-state index contributed by atoms with van der Waals surface area (Å²) < 4.78 is 1.80. The van der Waals surface area contributed by atoms with Gasteiger partial charge in [-0.1, -0.05) is 6.92 Å². The number of ketones is 1. The third-order valence-electron chi connectivity index (χ3n) is 2.71.